The highest BCUT2D eigenvalue weighted by Gasteiger charge is 2.31. The van der Waals surface area contributed by atoms with Crippen molar-refractivity contribution in [1.82, 2.24) is 15.5 Å². The van der Waals surface area contributed by atoms with Crippen LogP contribution in [-0.4, -0.2) is 58.9 Å². The average molecular weight is 458 g/mol. The maximum absolute atomic E-state index is 13.1. The Kier molecular flexibility index (Phi) is 8.63. The zero-order valence-corrected chi connectivity index (χ0v) is 18.6. The second-order valence-electron chi connectivity index (χ2n) is 6.63. The van der Waals surface area contributed by atoms with Crippen LogP contribution in [0.1, 0.15) is 16.5 Å². The van der Waals surface area contributed by atoms with Crippen molar-refractivity contribution in [2.24, 2.45) is 0 Å². The standard InChI is InChI=1S/C19H24ClN3O4S2/c1-23(2)11-4-10-21-18(24)19(25)22-13-17(16-5-3-12-28-16)29(26,27)15-8-6-14(20)7-9-15/h3,5-9,12,17H,4,10-11,13H2,1-2H3,(H,21,24)(H,22,25)/t17-/m0/s1. The van der Waals surface area contributed by atoms with Gasteiger partial charge in [-0.25, -0.2) is 8.42 Å². The van der Waals surface area contributed by atoms with E-state index < -0.39 is 26.9 Å². The summed E-state index contributed by atoms with van der Waals surface area (Å²) in [5.41, 5.74) is 0. The summed E-state index contributed by atoms with van der Waals surface area (Å²) in [6, 6.07) is 9.29. The van der Waals surface area contributed by atoms with Gasteiger partial charge in [-0.2, -0.15) is 0 Å². The fourth-order valence-electron chi connectivity index (χ4n) is 2.57. The molecule has 0 bridgehead atoms. The van der Waals surface area contributed by atoms with Crippen LogP contribution in [0.3, 0.4) is 0 Å². The largest absolute Gasteiger partial charge is 0.348 e. The van der Waals surface area contributed by atoms with Crippen LogP contribution in [-0.2, 0) is 19.4 Å². The summed E-state index contributed by atoms with van der Waals surface area (Å²) in [6.45, 7) is 0.930. The fourth-order valence-corrected chi connectivity index (χ4v) is 5.48. The quantitative estimate of drug-likeness (QED) is 0.444. The second-order valence-corrected chi connectivity index (χ2v) is 10.2. The monoisotopic (exact) mass is 457 g/mol. The summed E-state index contributed by atoms with van der Waals surface area (Å²) in [6.07, 6.45) is 0.703. The first kappa shape index (κ1) is 23.3. The van der Waals surface area contributed by atoms with Crippen LogP contribution in [0, 0.1) is 0 Å². The predicted molar refractivity (Wildman–Crippen MR) is 115 cm³/mol. The molecule has 0 aliphatic heterocycles. The lowest BCUT2D eigenvalue weighted by Gasteiger charge is -2.17. The van der Waals surface area contributed by atoms with Crippen molar-refractivity contribution >= 4 is 44.6 Å². The van der Waals surface area contributed by atoms with Crippen molar-refractivity contribution in [3.05, 3.63) is 51.7 Å². The zero-order valence-electron chi connectivity index (χ0n) is 16.2. The van der Waals surface area contributed by atoms with Crippen LogP contribution in [0.2, 0.25) is 5.02 Å². The molecule has 2 rings (SSSR count). The normalized spacial score (nSPS) is 12.6. The molecule has 0 aliphatic carbocycles. The molecule has 7 nitrogen and oxygen atoms in total. The van der Waals surface area contributed by atoms with E-state index in [4.69, 9.17) is 11.6 Å². The summed E-state index contributed by atoms with van der Waals surface area (Å²) < 4.78 is 26.2. The summed E-state index contributed by atoms with van der Waals surface area (Å²) in [7, 11) is 0.0413. The molecule has 2 amide bonds. The molecule has 1 aromatic heterocycles. The van der Waals surface area contributed by atoms with Gasteiger partial charge < -0.3 is 15.5 Å². The number of halogens is 1. The maximum atomic E-state index is 13.1. The van der Waals surface area contributed by atoms with Crippen LogP contribution < -0.4 is 10.6 Å². The molecule has 0 radical (unpaired) electrons. The number of benzene rings is 1. The van der Waals surface area contributed by atoms with Gasteiger partial charge in [0.25, 0.3) is 0 Å². The Morgan fingerprint density at radius 1 is 1.10 bits per heavy atom. The predicted octanol–water partition coefficient (Wildman–Crippen LogP) is 2.10. The highest BCUT2D eigenvalue weighted by Crippen LogP contribution is 2.31. The number of nitrogens with one attached hydrogen (secondary N) is 2. The van der Waals surface area contributed by atoms with Gasteiger partial charge in [-0.15, -0.1) is 11.3 Å². The van der Waals surface area contributed by atoms with E-state index in [1.54, 1.807) is 17.5 Å². The van der Waals surface area contributed by atoms with Gasteiger partial charge in [0, 0.05) is 23.0 Å². The molecule has 0 fully saturated rings. The van der Waals surface area contributed by atoms with E-state index in [1.807, 2.05) is 19.0 Å². The molecule has 10 heteroatoms. The van der Waals surface area contributed by atoms with Gasteiger partial charge in [-0.1, -0.05) is 17.7 Å². The number of amides is 2. The smallest absolute Gasteiger partial charge is 0.309 e. The van der Waals surface area contributed by atoms with Crippen LogP contribution in [0.5, 0.6) is 0 Å². The van der Waals surface area contributed by atoms with Crippen molar-refractivity contribution in [3.63, 3.8) is 0 Å². The number of hydrogen-bond acceptors (Lipinski definition) is 6. The van der Waals surface area contributed by atoms with Crippen LogP contribution in [0.25, 0.3) is 0 Å². The highest BCUT2D eigenvalue weighted by atomic mass is 35.5. The lowest BCUT2D eigenvalue weighted by molar-refractivity contribution is -0.139. The Balaban J connectivity index is 2.05. The van der Waals surface area contributed by atoms with Crippen molar-refractivity contribution in [1.29, 1.82) is 0 Å². The fraction of sp³-hybridized carbons (Fsp3) is 0.368. The van der Waals surface area contributed by atoms with Gasteiger partial charge in [0.15, 0.2) is 9.84 Å². The van der Waals surface area contributed by atoms with E-state index in [2.05, 4.69) is 10.6 Å². The number of hydrogen-bond donors (Lipinski definition) is 2. The molecule has 1 atom stereocenters. The maximum Gasteiger partial charge on any atom is 0.309 e. The minimum absolute atomic E-state index is 0.0997. The average Bonchev–Trinajstić information content (AvgIpc) is 3.19. The SMILES string of the molecule is CN(C)CCCNC(=O)C(=O)NC[C@@H](c1cccs1)S(=O)(=O)c1ccc(Cl)cc1. The van der Waals surface area contributed by atoms with Crippen LogP contribution in [0.4, 0.5) is 0 Å². The summed E-state index contributed by atoms with van der Waals surface area (Å²) >= 11 is 7.12. The van der Waals surface area contributed by atoms with E-state index in [9.17, 15) is 18.0 Å². The molecule has 1 aromatic carbocycles. The van der Waals surface area contributed by atoms with Gasteiger partial charge in [0.05, 0.1) is 4.90 Å². The van der Waals surface area contributed by atoms with Gasteiger partial charge in [-0.05, 0) is 62.8 Å². The second kappa shape index (κ2) is 10.7. The Morgan fingerprint density at radius 2 is 1.76 bits per heavy atom. The molecule has 2 N–H and O–H groups in total. The third kappa shape index (κ3) is 6.81. The molecule has 0 aliphatic rings. The van der Waals surface area contributed by atoms with E-state index in [-0.39, 0.29) is 11.4 Å². The molecule has 1 heterocycles. The molecule has 158 valence electrons. The molecule has 0 saturated heterocycles. The first-order valence-corrected chi connectivity index (χ1v) is 11.8. The molecular formula is C19H24ClN3O4S2. The Bertz CT molecular complexity index is 913. The topological polar surface area (TPSA) is 95.6 Å². The van der Waals surface area contributed by atoms with Crippen molar-refractivity contribution in [2.45, 2.75) is 16.6 Å². The van der Waals surface area contributed by atoms with Gasteiger partial charge in [0.2, 0.25) is 0 Å². The molecular weight excluding hydrogens is 434 g/mol. The van der Waals surface area contributed by atoms with E-state index >= 15 is 0 Å². The number of rotatable bonds is 9. The third-order valence-corrected chi connectivity index (χ3v) is 7.59. The first-order chi connectivity index (χ1) is 13.7. The third-order valence-electron chi connectivity index (χ3n) is 4.10. The lowest BCUT2D eigenvalue weighted by atomic mass is 10.3. The Labute approximate surface area is 180 Å². The van der Waals surface area contributed by atoms with Crippen molar-refractivity contribution < 1.29 is 18.0 Å². The number of sulfone groups is 1. The van der Waals surface area contributed by atoms with Gasteiger partial charge in [0.1, 0.15) is 5.25 Å². The van der Waals surface area contributed by atoms with Crippen LogP contribution >= 0.6 is 22.9 Å². The van der Waals surface area contributed by atoms with Gasteiger partial charge >= 0.3 is 11.8 Å². The molecule has 0 unspecified atom stereocenters. The van der Waals surface area contributed by atoms with Crippen molar-refractivity contribution in [3.8, 4) is 0 Å². The number of carbonyl (C=O) groups excluding carboxylic acids is 2. The van der Waals surface area contributed by atoms with Crippen molar-refractivity contribution in [2.75, 3.05) is 33.7 Å². The van der Waals surface area contributed by atoms with Crippen LogP contribution in [0.15, 0.2) is 46.7 Å². The van der Waals surface area contributed by atoms with E-state index in [0.29, 0.717) is 22.9 Å². The molecule has 0 spiro atoms. The molecule has 29 heavy (non-hydrogen) atoms. The number of thiophene rings is 1. The zero-order chi connectivity index (χ0) is 21.4. The summed E-state index contributed by atoms with van der Waals surface area (Å²) in [5, 5.41) is 6.17. The number of carbonyl (C=O) groups is 2. The first-order valence-electron chi connectivity index (χ1n) is 8.95. The lowest BCUT2D eigenvalue weighted by Crippen LogP contribution is -2.42. The Hall–Kier alpha value is -1.94. The number of nitrogens with zero attached hydrogens (tertiary/aromatic N) is 1. The summed E-state index contributed by atoms with van der Waals surface area (Å²) in [4.78, 5) is 26.7. The minimum atomic E-state index is -3.79. The Morgan fingerprint density at radius 3 is 2.34 bits per heavy atom. The summed E-state index contributed by atoms with van der Waals surface area (Å²) in [5.74, 6) is -1.64. The minimum Gasteiger partial charge on any atom is -0.348 e. The van der Waals surface area contributed by atoms with E-state index in [1.165, 1.54) is 35.6 Å². The van der Waals surface area contributed by atoms with E-state index in [0.717, 1.165) is 6.54 Å². The molecule has 0 saturated carbocycles. The highest BCUT2D eigenvalue weighted by molar-refractivity contribution is 7.91. The van der Waals surface area contributed by atoms with Gasteiger partial charge in [-0.3, -0.25) is 9.59 Å². The molecule has 2 aromatic rings.